The molecule has 0 fully saturated rings. The topological polar surface area (TPSA) is 83.8 Å². The van der Waals surface area contributed by atoms with Gasteiger partial charge in [-0.2, -0.15) is 5.10 Å². The zero-order valence-electron chi connectivity index (χ0n) is 14.0. The van der Waals surface area contributed by atoms with Gasteiger partial charge in [0.25, 0.3) is 0 Å². The molecule has 0 unspecified atom stereocenters. The quantitative estimate of drug-likeness (QED) is 0.755. The smallest absolute Gasteiger partial charge is 0.227 e. The second-order valence-corrected chi connectivity index (χ2v) is 5.84. The Morgan fingerprint density at radius 3 is 2.58 bits per heavy atom. The van der Waals surface area contributed by atoms with E-state index in [4.69, 9.17) is 4.52 Å². The number of hydrogen-bond donors (Lipinski definition) is 2. The zero-order chi connectivity index (χ0) is 17.1. The van der Waals surface area contributed by atoms with Gasteiger partial charge in [-0.15, -0.1) is 0 Å². The van der Waals surface area contributed by atoms with Crippen molar-refractivity contribution < 1.29 is 9.32 Å². The average molecular weight is 324 g/mol. The number of nitrogens with one attached hydrogen (secondary N) is 2. The molecule has 0 saturated heterocycles. The van der Waals surface area contributed by atoms with Crippen molar-refractivity contribution in [2.45, 2.75) is 33.2 Å². The number of amides is 1. The lowest BCUT2D eigenvalue weighted by atomic mass is 9.98. The summed E-state index contributed by atoms with van der Waals surface area (Å²) in [5.74, 6) is 0.363. The molecule has 1 amide bonds. The number of aromatic nitrogens is 3. The van der Waals surface area contributed by atoms with Crippen LogP contribution in [0.25, 0.3) is 11.3 Å². The van der Waals surface area contributed by atoms with Crippen LogP contribution < -0.4 is 5.32 Å². The number of aryl methyl sites for hydroxylation is 2. The molecule has 0 aliphatic rings. The van der Waals surface area contributed by atoms with Gasteiger partial charge in [-0.1, -0.05) is 29.4 Å². The molecule has 6 nitrogen and oxygen atoms in total. The molecule has 3 aromatic rings. The number of H-pyrrole nitrogens is 1. The molecule has 2 heterocycles. The van der Waals surface area contributed by atoms with Crippen molar-refractivity contribution in [2.75, 3.05) is 0 Å². The van der Waals surface area contributed by atoms with E-state index in [0.29, 0.717) is 12.3 Å². The number of benzene rings is 1. The van der Waals surface area contributed by atoms with Crippen LogP contribution in [0.1, 0.15) is 35.4 Å². The third-order valence-electron chi connectivity index (χ3n) is 4.15. The Bertz CT molecular complexity index is 800. The maximum Gasteiger partial charge on any atom is 0.227 e. The number of carbonyl (C=O) groups excluding carboxylic acids is 1. The highest BCUT2D eigenvalue weighted by atomic mass is 16.5. The van der Waals surface area contributed by atoms with Crippen LogP contribution in [-0.4, -0.2) is 21.3 Å². The van der Waals surface area contributed by atoms with Gasteiger partial charge in [0.1, 0.15) is 5.76 Å². The van der Waals surface area contributed by atoms with Crippen LogP contribution in [-0.2, 0) is 11.3 Å². The molecule has 6 heteroatoms. The Morgan fingerprint density at radius 2 is 2.00 bits per heavy atom. The summed E-state index contributed by atoms with van der Waals surface area (Å²) in [6.07, 6.45) is 1.72. The molecule has 1 aromatic carbocycles. The minimum atomic E-state index is -0.291. The van der Waals surface area contributed by atoms with Gasteiger partial charge in [-0.25, -0.2) is 0 Å². The second kappa shape index (κ2) is 6.70. The third kappa shape index (κ3) is 3.22. The molecule has 1 atom stereocenters. The Labute approximate surface area is 140 Å². The van der Waals surface area contributed by atoms with Gasteiger partial charge in [-0.05, 0) is 38.0 Å². The van der Waals surface area contributed by atoms with Gasteiger partial charge >= 0.3 is 0 Å². The summed E-state index contributed by atoms with van der Waals surface area (Å²) >= 11 is 0. The number of nitrogens with zero attached hydrogens (tertiary/aromatic N) is 2. The molecule has 0 saturated carbocycles. The van der Waals surface area contributed by atoms with Gasteiger partial charge in [0.15, 0.2) is 0 Å². The molecular formula is C18H20N4O2. The van der Waals surface area contributed by atoms with E-state index >= 15 is 0 Å². The van der Waals surface area contributed by atoms with Gasteiger partial charge in [-0.3, -0.25) is 9.89 Å². The van der Waals surface area contributed by atoms with Crippen LogP contribution in [0.3, 0.4) is 0 Å². The third-order valence-corrected chi connectivity index (χ3v) is 4.15. The van der Waals surface area contributed by atoms with Gasteiger partial charge in [0.05, 0.1) is 17.3 Å². The molecule has 3 rings (SSSR count). The number of aromatic amines is 1. The Kier molecular flexibility index (Phi) is 4.46. The fourth-order valence-corrected chi connectivity index (χ4v) is 2.80. The second-order valence-electron chi connectivity index (χ2n) is 5.84. The van der Waals surface area contributed by atoms with Gasteiger partial charge in [0.2, 0.25) is 5.91 Å². The molecule has 2 aromatic heterocycles. The predicted molar refractivity (Wildman–Crippen MR) is 90.3 cm³/mol. The maximum atomic E-state index is 12.4. The average Bonchev–Trinajstić information content (AvgIpc) is 3.23. The van der Waals surface area contributed by atoms with Crippen molar-refractivity contribution >= 4 is 5.91 Å². The summed E-state index contributed by atoms with van der Waals surface area (Å²) in [5, 5.41) is 13.7. The number of hydrogen-bond acceptors (Lipinski definition) is 4. The van der Waals surface area contributed by atoms with Gasteiger partial charge in [0, 0.05) is 18.3 Å². The molecule has 0 aliphatic heterocycles. The lowest BCUT2D eigenvalue weighted by Gasteiger charge is -2.12. The van der Waals surface area contributed by atoms with Gasteiger partial charge < -0.3 is 9.84 Å². The molecule has 0 bridgehead atoms. The van der Waals surface area contributed by atoms with Crippen LogP contribution in [0, 0.1) is 13.8 Å². The van der Waals surface area contributed by atoms with E-state index in [1.54, 1.807) is 6.20 Å². The van der Waals surface area contributed by atoms with E-state index in [1.165, 1.54) is 0 Å². The summed E-state index contributed by atoms with van der Waals surface area (Å²) in [6, 6.07) is 9.93. The molecule has 0 aliphatic carbocycles. The number of rotatable bonds is 5. The maximum absolute atomic E-state index is 12.4. The molecule has 24 heavy (non-hydrogen) atoms. The van der Waals surface area contributed by atoms with Crippen LogP contribution in [0.15, 0.2) is 41.1 Å². The summed E-state index contributed by atoms with van der Waals surface area (Å²) in [6.45, 7) is 6.02. The van der Waals surface area contributed by atoms with Crippen LogP contribution >= 0.6 is 0 Å². The van der Waals surface area contributed by atoms with Crippen LogP contribution in [0.4, 0.5) is 0 Å². The van der Waals surface area contributed by atoms with Crippen LogP contribution in [0.2, 0.25) is 0 Å². The van der Waals surface area contributed by atoms with E-state index in [2.05, 4.69) is 20.7 Å². The zero-order valence-corrected chi connectivity index (χ0v) is 14.0. The van der Waals surface area contributed by atoms with E-state index in [0.717, 1.165) is 28.1 Å². The normalized spacial score (nSPS) is 12.1. The van der Waals surface area contributed by atoms with Crippen molar-refractivity contribution in [3.05, 3.63) is 59.1 Å². The monoisotopic (exact) mass is 324 g/mol. The molecule has 2 N–H and O–H groups in total. The van der Waals surface area contributed by atoms with E-state index < -0.39 is 0 Å². The Morgan fingerprint density at radius 1 is 1.25 bits per heavy atom. The highest BCUT2D eigenvalue weighted by molar-refractivity contribution is 5.83. The highest BCUT2D eigenvalue weighted by Gasteiger charge is 2.22. The fraction of sp³-hybridized carbons (Fsp3) is 0.278. The lowest BCUT2D eigenvalue weighted by molar-refractivity contribution is -0.122. The molecular weight excluding hydrogens is 304 g/mol. The van der Waals surface area contributed by atoms with Crippen molar-refractivity contribution in [1.29, 1.82) is 0 Å². The van der Waals surface area contributed by atoms with E-state index in [1.807, 2.05) is 51.1 Å². The fourth-order valence-electron chi connectivity index (χ4n) is 2.80. The predicted octanol–water partition coefficient (Wildman–Crippen LogP) is 3.10. The Balaban J connectivity index is 1.62. The van der Waals surface area contributed by atoms with E-state index in [9.17, 15) is 4.79 Å². The molecule has 0 radical (unpaired) electrons. The van der Waals surface area contributed by atoms with Crippen molar-refractivity contribution in [1.82, 2.24) is 20.7 Å². The lowest BCUT2D eigenvalue weighted by Crippen LogP contribution is -2.28. The first-order valence-electron chi connectivity index (χ1n) is 7.85. The van der Waals surface area contributed by atoms with Crippen molar-refractivity contribution in [2.24, 2.45) is 0 Å². The SMILES string of the molecule is Cc1noc(C)c1[C@H](C)C(=O)NCc1ccc(-c2ccn[nH]2)cc1. The van der Waals surface area contributed by atoms with E-state index in [-0.39, 0.29) is 11.8 Å². The largest absolute Gasteiger partial charge is 0.361 e. The highest BCUT2D eigenvalue weighted by Crippen LogP contribution is 2.23. The number of carbonyl (C=O) groups is 1. The Hall–Kier alpha value is -2.89. The summed E-state index contributed by atoms with van der Waals surface area (Å²) < 4.78 is 5.14. The first kappa shape index (κ1) is 16.0. The first-order valence-corrected chi connectivity index (χ1v) is 7.85. The van der Waals surface area contributed by atoms with Crippen LogP contribution in [0.5, 0.6) is 0 Å². The molecule has 124 valence electrons. The van der Waals surface area contributed by atoms with Crippen molar-refractivity contribution in [3.8, 4) is 11.3 Å². The summed E-state index contributed by atoms with van der Waals surface area (Å²) in [5.41, 5.74) is 4.70. The summed E-state index contributed by atoms with van der Waals surface area (Å²) in [4.78, 5) is 12.4. The van der Waals surface area contributed by atoms with Crippen molar-refractivity contribution in [3.63, 3.8) is 0 Å². The minimum Gasteiger partial charge on any atom is -0.361 e. The first-order chi connectivity index (χ1) is 11.6. The molecule has 0 spiro atoms. The summed E-state index contributed by atoms with van der Waals surface area (Å²) in [7, 11) is 0. The minimum absolute atomic E-state index is 0.0398. The standard InChI is InChI=1S/C18H20N4O2/c1-11(17-12(2)22-24-13(17)3)18(23)19-10-14-4-6-15(7-5-14)16-8-9-20-21-16/h4-9,11H,10H2,1-3H3,(H,19,23)(H,20,21)/t11-/m0/s1.